The molecule has 21 heavy (non-hydrogen) atoms. The molecule has 116 valence electrons. The average Bonchev–Trinajstić information content (AvgIpc) is 2.44. The second-order valence-electron chi connectivity index (χ2n) is 5.64. The number of hydrogen-bond donors (Lipinski definition) is 1. The summed E-state index contributed by atoms with van der Waals surface area (Å²) in [5, 5.41) is 0. The average molecular weight is 310 g/mol. The molecule has 0 aliphatic carbocycles. The van der Waals surface area contributed by atoms with Crippen molar-refractivity contribution in [3.8, 4) is 0 Å². The van der Waals surface area contributed by atoms with Gasteiger partial charge in [0.15, 0.2) is 0 Å². The van der Waals surface area contributed by atoms with Gasteiger partial charge in [-0.05, 0) is 38.3 Å². The van der Waals surface area contributed by atoms with Crippen LogP contribution in [0.5, 0.6) is 0 Å². The summed E-state index contributed by atoms with van der Waals surface area (Å²) in [6, 6.07) is 7.44. The second-order valence-corrected chi connectivity index (χ2v) is 7.47. The molecule has 6 heteroatoms. The first-order valence-electron chi connectivity index (χ1n) is 7.19. The van der Waals surface area contributed by atoms with Crippen molar-refractivity contribution in [3.05, 3.63) is 35.4 Å². The third kappa shape index (κ3) is 4.54. The molecule has 1 fully saturated rings. The molecule has 0 unspecified atom stereocenters. The van der Waals surface area contributed by atoms with E-state index in [-0.39, 0.29) is 18.5 Å². The lowest BCUT2D eigenvalue weighted by Gasteiger charge is -2.36. The van der Waals surface area contributed by atoms with Crippen LogP contribution in [0.1, 0.15) is 35.2 Å². The molecular weight excluding hydrogens is 288 g/mol. The highest BCUT2D eigenvalue weighted by Crippen LogP contribution is 2.20. The van der Waals surface area contributed by atoms with E-state index in [1.807, 2.05) is 31.2 Å². The van der Waals surface area contributed by atoms with Gasteiger partial charge in [-0.2, -0.15) is 0 Å². The van der Waals surface area contributed by atoms with Crippen molar-refractivity contribution >= 4 is 15.9 Å². The van der Waals surface area contributed by atoms with E-state index >= 15 is 0 Å². The molecule has 1 aliphatic rings. The minimum absolute atomic E-state index is 0.0151. The minimum atomic E-state index is -3.23. The molecule has 1 aliphatic heterocycles. The molecule has 1 aromatic carbocycles. The Morgan fingerprint density at radius 2 is 2.14 bits per heavy atom. The SMILES string of the molecule is Cc1cccc(C(=O)N2CCCC[C@H]2CNS(C)(=O)=O)c1. The molecule has 1 saturated heterocycles. The van der Waals surface area contributed by atoms with Gasteiger partial charge in [-0.1, -0.05) is 17.7 Å². The van der Waals surface area contributed by atoms with Gasteiger partial charge in [-0.15, -0.1) is 0 Å². The Labute approximate surface area is 126 Å². The fourth-order valence-electron chi connectivity index (χ4n) is 2.67. The molecule has 1 atom stereocenters. The van der Waals surface area contributed by atoms with Crippen molar-refractivity contribution < 1.29 is 13.2 Å². The normalized spacial score (nSPS) is 19.5. The van der Waals surface area contributed by atoms with Gasteiger partial charge < -0.3 is 4.90 Å². The number of aryl methyl sites for hydroxylation is 1. The van der Waals surface area contributed by atoms with E-state index in [1.54, 1.807) is 4.90 Å². The number of nitrogens with zero attached hydrogens (tertiary/aromatic N) is 1. The zero-order chi connectivity index (χ0) is 15.5. The van der Waals surface area contributed by atoms with Gasteiger partial charge in [0.25, 0.3) is 5.91 Å². The number of benzene rings is 1. The molecular formula is C15H22N2O3S. The fraction of sp³-hybridized carbons (Fsp3) is 0.533. The molecule has 5 nitrogen and oxygen atoms in total. The molecule has 2 rings (SSSR count). The second kappa shape index (κ2) is 6.58. The lowest BCUT2D eigenvalue weighted by Crippen LogP contribution is -2.49. The maximum atomic E-state index is 12.6. The number of hydrogen-bond acceptors (Lipinski definition) is 3. The smallest absolute Gasteiger partial charge is 0.254 e. The van der Waals surface area contributed by atoms with E-state index in [9.17, 15) is 13.2 Å². The van der Waals surface area contributed by atoms with E-state index in [1.165, 1.54) is 0 Å². The largest absolute Gasteiger partial charge is 0.334 e. The highest BCUT2D eigenvalue weighted by atomic mass is 32.2. The van der Waals surface area contributed by atoms with E-state index in [2.05, 4.69) is 4.72 Å². The highest BCUT2D eigenvalue weighted by molar-refractivity contribution is 7.88. The van der Waals surface area contributed by atoms with Gasteiger partial charge in [0.05, 0.1) is 6.26 Å². The molecule has 0 radical (unpaired) electrons. The lowest BCUT2D eigenvalue weighted by atomic mass is 10.0. The maximum absolute atomic E-state index is 12.6. The van der Waals surface area contributed by atoms with Crippen molar-refractivity contribution in [2.75, 3.05) is 19.3 Å². The number of piperidine rings is 1. The van der Waals surface area contributed by atoms with Crippen molar-refractivity contribution in [2.24, 2.45) is 0 Å². The molecule has 0 bridgehead atoms. The van der Waals surface area contributed by atoms with Gasteiger partial charge in [-0.3, -0.25) is 4.79 Å². The van der Waals surface area contributed by atoms with Gasteiger partial charge in [0.2, 0.25) is 10.0 Å². The summed E-state index contributed by atoms with van der Waals surface area (Å²) < 4.78 is 25.0. The van der Waals surface area contributed by atoms with Gasteiger partial charge in [-0.25, -0.2) is 13.1 Å². The number of amides is 1. The van der Waals surface area contributed by atoms with Crippen LogP contribution in [-0.2, 0) is 10.0 Å². The van der Waals surface area contributed by atoms with E-state index in [4.69, 9.17) is 0 Å². The molecule has 1 heterocycles. The number of sulfonamides is 1. The first-order chi connectivity index (χ1) is 9.87. The first-order valence-corrected chi connectivity index (χ1v) is 9.08. The van der Waals surface area contributed by atoms with Crippen LogP contribution >= 0.6 is 0 Å². The Morgan fingerprint density at radius 3 is 2.81 bits per heavy atom. The summed E-state index contributed by atoms with van der Waals surface area (Å²) in [5.74, 6) is -0.0151. The summed E-state index contributed by atoms with van der Waals surface area (Å²) in [7, 11) is -3.23. The quantitative estimate of drug-likeness (QED) is 0.917. The van der Waals surface area contributed by atoms with Crippen LogP contribution in [0, 0.1) is 6.92 Å². The molecule has 1 N–H and O–H groups in total. The Hall–Kier alpha value is -1.40. The van der Waals surface area contributed by atoms with Crippen LogP contribution in [0.15, 0.2) is 24.3 Å². The maximum Gasteiger partial charge on any atom is 0.254 e. The van der Waals surface area contributed by atoms with Gasteiger partial charge in [0.1, 0.15) is 0 Å². The van der Waals surface area contributed by atoms with Crippen LogP contribution < -0.4 is 4.72 Å². The molecule has 0 spiro atoms. The van der Waals surface area contributed by atoms with Crippen LogP contribution in [-0.4, -0.2) is 44.6 Å². The highest BCUT2D eigenvalue weighted by Gasteiger charge is 2.27. The molecule has 1 amide bonds. The zero-order valence-electron chi connectivity index (χ0n) is 12.5. The fourth-order valence-corrected chi connectivity index (χ4v) is 3.17. The Morgan fingerprint density at radius 1 is 1.38 bits per heavy atom. The number of rotatable bonds is 4. The monoisotopic (exact) mass is 310 g/mol. The minimum Gasteiger partial charge on any atom is -0.334 e. The number of nitrogens with one attached hydrogen (secondary N) is 1. The van der Waals surface area contributed by atoms with Crippen molar-refractivity contribution in [1.29, 1.82) is 0 Å². The Balaban J connectivity index is 2.12. The first kappa shape index (κ1) is 16.0. The Kier molecular flexibility index (Phi) is 5.00. The predicted molar refractivity (Wildman–Crippen MR) is 82.7 cm³/mol. The number of carbonyl (C=O) groups is 1. The zero-order valence-corrected chi connectivity index (χ0v) is 13.3. The van der Waals surface area contributed by atoms with Gasteiger partial charge >= 0.3 is 0 Å². The number of likely N-dealkylation sites (tertiary alicyclic amines) is 1. The summed E-state index contributed by atoms with van der Waals surface area (Å²) in [6.45, 7) is 2.93. The van der Waals surface area contributed by atoms with E-state index in [0.717, 1.165) is 31.1 Å². The predicted octanol–water partition coefficient (Wildman–Crippen LogP) is 1.54. The van der Waals surface area contributed by atoms with Crippen LogP contribution in [0.25, 0.3) is 0 Å². The number of carbonyl (C=O) groups excluding carboxylic acids is 1. The summed E-state index contributed by atoms with van der Waals surface area (Å²) in [5.41, 5.74) is 1.71. The summed E-state index contributed by atoms with van der Waals surface area (Å²) in [6.07, 6.45) is 3.96. The van der Waals surface area contributed by atoms with E-state index < -0.39 is 10.0 Å². The van der Waals surface area contributed by atoms with E-state index in [0.29, 0.717) is 12.1 Å². The molecule has 1 aromatic rings. The third-order valence-corrected chi connectivity index (χ3v) is 4.43. The topological polar surface area (TPSA) is 66.5 Å². The molecule has 0 saturated carbocycles. The summed E-state index contributed by atoms with van der Waals surface area (Å²) in [4.78, 5) is 14.4. The lowest BCUT2D eigenvalue weighted by molar-refractivity contribution is 0.0618. The van der Waals surface area contributed by atoms with Crippen molar-refractivity contribution in [1.82, 2.24) is 9.62 Å². The Bertz CT molecular complexity index is 613. The summed E-state index contributed by atoms with van der Waals surface area (Å²) >= 11 is 0. The van der Waals surface area contributed by atoms with Gasteiger partial charge in [0, 0.05) is 24.7 Å². The van der Waals surface area contributed by atoms with Crippen molar-refractivity contribution in [2.45, 2.75) is 32.2 Å². The standard InChI is InChI=1S/C15H22N2O3S/c1-12-6-5-7-13(10-12)15(18)17-9-4-3-8-14(17)11-16-21(2,19)20/h5-7,10,14,16H,3-4,8-9,11H2,1-2H3/t14-/m0/s1. The molecule has 0 aromatic heterocycles. The third-order valence-electron chi connectivity index (χ3n) is 3.73. The van der Waals surface area contributed by atoms with Crippen LogP contribution in [0.2, 0.25) is 0 Å². The van der Waals surface area contributed by atoms with Crippen LogP contribution in [0.3, 0.4) is 0 Å². The van der Waals surface area contributed by atoms with Crippen molar-refractivity contribution in [3.63, 3.8) is 0 Å². The van der Waals surface area contributed by atoms with Crippen LogP contribution in [0.4, 0.5) is 0 Å².